The third-order valence-electron chi connectivity index (χ3n) is 3.12. The zero-order valence-electron chi connectivity index (χ0n) is 10.8. The van der Waals surface area contributed by atoms with E-state index in [0.29, 0.717) is 6.42 Å². The molecule has 0 aliphatic heterocycles. The van der Waals surface area contributed by atoms with Gasteiger partial charge in [-0.3, -0.25) is 0 Å². The Morgan fingerprint density at radius 1 is 1.00 bits per heavy atom. The number of hydrogen-bond acceptors (Lipinski definition) is 1. The van der Waals surface area contributed by atoms with Crippen LogP contribution in [0, 0.1) is 11.6 Å². The van der Waals surface area contributed by atoms with Gasteiger partial charge < -0.3 is 5.32 Å². The largest absolute Gasteiger partial charge is 0.313 e. The normalized spacial score (nSPS) is 12.4. The summed E-state index contributed by atoms with van der Waals surface area (Å²) in [4.78, 5) is 0. The monoisotopic (exact) mass is 315 g/mol. The van der Waals surface area contributed by atoms with E-state index in [-0.39, 0.29) is 16.1 Å². The summed E-state index contributed by atoms with van der Waals surface area (Å²) < 4.78 is 26.6. The fourth-order valence-electron chi connectivity index (χ4n) is 2.02. The van der Waals surface area contributed by atoms with Gasteiger partial charge in [-0.05, 0) is 48.9 Å². The van der Waals surface area contributed by atoms with Gasteiger partial charge in [0.25, 0.3) is 0 Å². The van der Waals surface area contributed by atoms with Crippen LogP contribution in [-0.2, 0) is 6.42 Å². The van der Waals surface area contributed by atoms with Crippen LogP contribution in [0.25, 0.3) is 0 Å². The molecule has 0 bridgehead atoms. The van der Waals surface area contributed by atoms with Crippen molar-refractivity contribution in [1.29, 1.82) is 0 Å². The second kappa shape index (κ2) is 6.53. The fraction of sp³-hybridized carbons (Fsp3) is 0.200. The average Bonchev–Trinajstić information content (AvgIpc) is 2.43. The van der Waals surface area contributed by atoms with Crippen molar-refractivity contribution in [2.75, 3.05) is 7.05 Å². The van der Waals surface area contributed by atoms with Crippen molar-refractivity contribution in [3.05, 3.63) is 69.2 Å². The Morgan fingerprint density at radius 3 is 2.35 bits per heavy atom. The molecule has 106 valence electrons. The van der Waals surface area contributed by atoms with E-state index in [2.05, 4.69) is 5.32 Å². The lowest BCUT2D eigenvalue weighted by Gasteiger charge is -2.17. The summed E-state index contributed by atoms with van der Waals surface area (Å²) >= 11 is 11.4. The Bertz CT molecular complexity index is 617. The van der Waals surface area contributed by atoms with Gasteiger partial charge in [-0.1, -0.05) is 35.3 Å². The average molecular weight is 316 g/mol. The topological polar surface area (TPSA) is 12.0 Å². The molecule has 2 aromatic rings. The predicted octanol–water partition coefficient (Wildman–Crippen LogP) is 4.77. The molecule has 0 saturated heterocycles. The molecule has 0 fully saturated rings. The maximum Gasteiger partial charge on any atom is 0.142 e. The molecule has 2 aromatic carbocycles. The van der Waals surface area contributed by atoms with Crippen molar-refractivity contribution in [1.82, 2.24) is 5.32 Å². The highest BCUT2D eigenvalue weighted by atomic mass is 35.5. The zero-order valence-corrected chi connectivity index (χ0v) is 12.3. The summed E-state index contributed by atoms with van der Waals surface area (Å²) in [5.41, 5.74) is 1.64. The highest BCUT2D eigenvalue weighted by Crippen LogP contribution is 2.24. The van der Waals surface area contributed by atoms with Crippen LogP contribution in [-0.4, -0.2) is 7.05 Å². The van der Waals surface area contributed by atoms with Gasteiger partial charge in [0.15, 0.2) is 0 Å². The van der Waals surface area contributed by atoms with Crippen molar-refractivity contribution in [2.45, 2.75) is 12.5 Å². The van der Waals surface area contributed by atoms with E-state index in [1.54, 1.807) is 25.2 Å². The van der Waals surface area contributed by atoms with E-state index in [0.717, 1.165) is 11.1 Å². The summed E-state index contributed by atoms with van der Waals surface area (Å²) in [6.07, 6.45) is 0.548. The van der Waals surface area contributed by atoms with Gasteiger partial charge >= 0.3 is 0 Å². The number of benzene rings is 2. The molecular weight excluding hydrogens is 303 g/mol. The summed E-state index contributed by atoms with van der Waals surface area (Å²) in [7, 11) is 1.79. The van der Waals surface area contributed by atoms with Crippen LogP contribution in [0.4, 0.5) is 8.78 Å². The summed E-state index contributed by atoms with van der Waals surface area (Å²) in [5, 5.41) is 3.28. The molecule has 1 atom stereocenters. The molecule has 0 radical (unpaired) electrons. The van der Waals surface area contributed by atoms with Gasteiger partial charge in [-0.25, -0.2) is 8.78 Å². The number of hydrogen-bond donors (Lipinski definition) is 1. The Morgan fingerprint density at radius 2 is 1.75 bits per heavy atom. The van der Waals surface area contributed by atoms with Crippen LogP contribution in [0.15, 0.2) is 36.4 Å². The Labute approximate surface area is 126 Å². The van der Waals surface area contributed by atoms with Gasteiger partial charge in [0.1, 0.15) is 11.6 Å². The minimum absolute atomic E-state index is 0.0741. The first-order chi connectivity index (χ1) is 9.51. The lowest BCUT2D eigenvalue weighted by molar-refractivity contribution is 0.580. The van der Waals surface area contributed by atoms with Gasteiger partial charge in [0.05, 0.1) is 10.0 Å². The summed E-state index contributed by atoms with van der Waals surface area (Å²) in [5.74, 6) is -0.904. The van der Waals surface area contributed by atoms with Crippen LogP contribution in [0.3, 0.4) is 0 Å². The Hall–Kier alpha value is -1.16. The lowest BCUT2D eigenvalue weighted by Crippen LogP contribution is -2.19. The number of likely N-dealkylation sites (N-methyl/N-ethyl adjacent to an activating group) is 1. The third kappa shape index (κ3) is 3.48. The molecule has 1 unspecified atom stereocenters. The molecule has 0 aromatic heterocycles. The van der Waals surface area contributed by atoms with E-state index in [4.69, 9.17) is 23.2 Å². The van der Waals surface area contributed by atoms with Gasteiger partial charge in [-0.2, -0.15) is 0 Å². The molecule has 0 aliphatic carbocycles. The Balaban J connectivity index is 2.23. The minimum Gasteiger partial charge on any atom is -0.313 e. The van der Waals surface area contributed by atoms with Crippen molar-refractivity contribution in [3.63, 3.8) is 0 Å². The van der Waals surface area contributed by atoms with Gasteiger partial charge in [-0.15, -0.1) is 0 Å². The minimum atomic E-state index is -0.456. The highest BCUT2D eigenvalue weighted by Gasteiger charge is 2.13. The van der Waals surface area contributed by atoms with E-state index in [9.17, 15) is 8.78 Å². The second-order valence-corrected chi connectivity index (χ2v) is 5.28. The smallest absolute Gasteiger partial charge is 0.142 e. The molecule has 0 heterocycles. The first-order valence-corrected chi connectivity index (χ1v) is 6.83. The van der Waals surface area contributed by atoms with Crippen molar-refractivity contribution < 1.29 is 8.78 Å². The number of nitrogens with one attached hydrogen (secondary N) is 1. The Kier molecular flexibility index (Phi) is 4.97. The van der Waals surface area contributed by atoms with Crippen LogP contribution in [0.2, 0.25) is 10.0 Å². The van der Waals surface area contributed by atoms with E-state index < -0.39 is 11.6 Å². The standard InChI is InChI=1S/C15H13Cl2F2N/c1-20-15(10-3-5-13(18)12(17)8-10)7-9-2-4-11(16)14(19)6-9/h2-6,8,15,20H,7H2,1H3. The highest BCUT2D eigenvalue weighted by molar-refractivity contribution is 6.31. The quantitative estimate of drug-likeness (QED) is 0.856. The molecule has 20 heavy (non-hydrogen) atoms. The molecule has 2 rings (SSSR count). The third-order valence-corrected chi connectivity index (χ3v) is 3.71. The molecule has 0 aliphatic rings. The van der Waals surface area contributed by atoms with Crippen LogP contribution in [0.5, 0.6) is 0 Å². The molecule has 5 heteroatoms. The summed E-state index contributed by atoms with van der Waals surface area (Å²) in [6, 6.07) is 9.16. The van der Waals surface area contributed by atoms with Crippen LogP contribution in [0.1, 0.15) is 17.2 Å². The maximum absolute atomic E-state index is 13.4. The number of rotatable bonds is 4. The summed E-state index contributed by atoms with van der Waals surface area (Å²) in [6.45, 7) is 0. The maximum atomic E-state index is 13.4. The number of halogens is 4. The van der Waals surface area contributed by atoms with E-state index in [1.807, 2.05) is 0 Å². The molecule has 0 saturated carbocycles. The van der Waals surface area contributed by atoms with Crippen LogP contribution >= 0.6 is 23.2 Å². The molecule has 1 nitrogen and oxygen atoms in total. The lowest BCUT2D eigenvalue weighted by atomic mass is 9.99. The van der Waals surface area contributed by atoms with Crippen molar-refractivity contribution in [2.24, 2.45) is 0 Å². The van der Waals surface area contributed by atoms with Crippen LogP contribution < -0.4 is 5.32 Å². The molecule has 0 amide bonds. The predicted molar refractivity (Wildman–Crippen MR) is 78.3 cm³/mol. The SMILES string of the molecule is CNC(Cc1ccc(Cl)c(F)c1)c1ccc(F)c(Cl)c1. The molecule has 0 spiro atoms. The van der Waals surface area contributed by atoms with Gasteiger partial charge in [0.2, 0.25) is 0 Å². The zero-order chi connectivity index (χ0) is 14.7. The first kappa shape index (κ1) is 15.2. The van der Waals surface area contributed by atoms with Crippen molar-refractivity contribution in [3.8, 4) is 0 Å². The van der Waals surface area contributed by atoms with Crippen molar-refractivity contribution >= 4 is 23.2 Å². The first-order valence-electron chi connectivity index (χ1n) is 6.07. The van der Waals surface area contributed by atoms with Gasteiger partial charge in [0, 0.05) is 6.04 Å². The molecular formula is C15H13Cl2F2N. The van der Waals surface area contributed by atoms with E-state index in [1.165, 1.54) is 18.2 Å². The van der Waals surface area contributed by atoms with E-state index >= 15 is 0 Å². The second-order valence-electron chi connectivity index (χ2n) is 4.47. The molecule has 1 N–H and O–H groups in total. The fourth-order valence-corrected chi connectivity index (χ4v) is 2.32.